The Morgan fingerprint density at radius 3 is 2.19 bits per heavy atom. The lowest BCUT2D eigenvalue weighted by Gasteiger charge is -2.18. The van der Waals surface area contributed by atoms with Gasteiger partial charge in [-0.25, -0.2) is 4.79 Å². The number of fused-ring (bicyclic) bond motifs is 3. The summed E-state index contributed by atoms with van der Waals surface area (Å²) in [6.45, 7) is 1.77. The molecule has 2 aliphatic carbocycles. The first kappa shape index (κ1) is 21.9. The molecule has 168 valence electrons. The standard InChI is InChI=1S/C25H28N2O5/c1-15(23(28)26-13-17(24(29)30)12-16-10-11-16)27-25(31)32-14-22-20-8-4-2-6-18(20)19-7-3-5-9-21(19)22/h2-9,15-17,22H,10-14H2,1H3,(H,26,28)(H,27,31)(H,29,30). The fraction of sp³-hybridized carbons (Fsp3) is 0.400. The summed E-state index contributed by atoms with van der Waals surface area (Å²) < 4.78 is 5.46. The third-order valence-electron chi connectivity index (χ3n) is 6.26. The van der Waals surface area contributed by atoms with Gasteiger partial charge in [0.05, 0.1) is 5.92 Å². The molecule has 2 unspecified atom stereocenters. The molecule has 7 nitrogen and oxygen atoms in total. The molecular formula is C25H28N2O5. The Morgan fingerprint density at radius 1 is 1.03 bits per heavy atom. The molecule has 2 aromatic rings. The van der Waals surface area contributed by atoms with Gasteiger partial charge in [-0.15, -0.1) is 0 Å². The van der Waals surface area contributed by atoms with Crippen LogP contribution in [0.1, 0.15) is 43.2 Å². The molecular weight excluding hydrogens is 408 g/mol. The molecule has 2 amide bonds. The summed E-state index contributed by atoms with van der Waals surface area (Å²) in [7, 11) is 0. The third kappa shape index (κ3) is 4.93. The highest BCUT2D eigenvalue weighted by Gasteiger charge is 2.31. The van der Waals surface area contributed by atoms with Crippen molar-refractivity contribution in [2.45, 2.75) is 38.1 Å². The molecule has 7 heteroatoms. The quantitative estimate of drug-likeness (QED) is 0.558. The van der Waals surface area contributed by atoms with E-state index in [4.69, 9.17) is 4.74 Å². The number of carbonyl (C=O) groups is 3. The van der Waals surface area contributed by atoms with Crippen molar-refractivity contribution in [2.75, 3.05) is 13.2 Å². The van der Waals surface area contributed by atoms with E-state index in [2.05, 4.69) is 22.8 Å². The summed E-state index contributed by atoms with van der Waals surface area (Å²) in [5.74, 6) is -1.55. The number of carboxylic acids is 1. The first-order chi connectivity index (χ1) is 15.4. The van der Waals surface area contributed by atoms with E-state index in [0.29, 0.717) is 12.3 Å². The summed E-state index contributed by atoms with van der Waals surface area (Å²) >= 11 is 0. The summed E-state index contributed by atoms with van der Waals surface area (Å²) in [5.41, 5.74) is 4.51. The summed E-state index contributed by atoms with van der Waals surface area (Å²) in [5, 5.41) is 14.5. The maximum Gasteiger partial charge on any atom is 0.407 e. The van der Waals surface area contributed by atoms with E-state index in [1.165, 1.54) is 0 Å². The molecule has 0 bridgehead atoms. The number of ether oxygens (including phenoxy) is 1. The van der Waals surface area contributed by atoms with Gasteiger partial charge in [-0.05, 0) is 41.5 Å². The molecule has 4 rings (SSSR count). The number of benzene rings is 2. The number of hydrogen-bond donors (Lipinski definition) is 3. The second-order valence-electron chi connectivity index (χ2n) is 8.65. The third-order valence-corrected chi connectivity index (χ3v) is 6.26. The molecule has 2 aliphatic rings. The lowest BCUT2D eigenvalue weighted by Crippen LogP contribution is -2.47. The molecule has 0 radical (unpaired) electrons. The minimum Gasteiger partial charge on any atom is -0.481 e. The molecule has 1 saturated carbocycles. The van der Waals surface area contributed by atoms with Crippen LogP contribution in [0.5, 0.6) is 0 Å². The van der Waals surface area contributed by atoms with Gasteiger partial charge in [0.15, 0.2) is 0 Å². The monoisotopic (exact) mass is 436 g/mol. The smallest absolute Gasteiger partial charge is 0.407 e. The van der Waals surface area contributed by atoms with Crippen molar-refractivity contribution in [3.8, 4) is 11.1 Å². The molecule has 2 aromatic carbocycles. The maximum absolute atomic E-state index is 12.3. The van der Waals surface area contributed by atoms with Crippen LogP contribution in [0.25, 0.3) is 11.1 Å². The molecule has 0 aromatic heterocycles. The minimum absolute atomic E-state index is 0.0569. The van der Waals surface area contributed by atoms with Crippen LogP contribution in [0.2, 0.25) is 0 Å². The van der Waals surface area contributed by atoms with Crippen molar-refractivity contribution in [1.29, 1.82) is 0 Å². The van der Waals surface area contributed by atoms with Gasteiger partial charge in [0.1, 0.15) is 12.6 Å². The predicted octanol–water partition coefficient (Wildman–Crippen LogP) is 3.53. The topological polar surface area (TPSA) is 105 Å². The highest BCUT2D eigenvalue weighted by Crippen LogP contribution is 2.44. The largest absolute Gasteiger partial charge is 0.481 e. The van der Waals surface area contributed by atoms with Gasteiger partial charge in [0.2, 0.25) is 5.91 Å². The Labute approximate surface area is 187 Å². The fourth-order valence-electron chi connectivity index (χ4n) is 4.29. The van der Waals surface area contributed by atoms with Crippen LogP contribution in [-0.2, 0) is 14.3 Å². The number of rotatable bonds is 9. The second-order valence-corrected chi connectivity index (χ2v) is 8.65. The lowest BCUT2D eigenvalue weighted by atomic mass is 9.98. The van der Waals surface area contributed by atoms with Crippen LogP contribution in [0.3, 0.4) is 0 Å². The maximum atomic E-state index is 12.3. The van der Waals surface area contributed by atoms with Crippen LogP contribution in [0.4, 0.5) is 4.79 Å². The predicted molar refractivity (Wildman–Crippen MR) is 119 cm³/mol. The van der Waals surface area contributed by atoms with Crippen molar-refractivity contribution >= 4 is 18.0 Å². The fourth-order valence-corrected chi connectivity index (χ4v) is 4.29. The first-order valence-electron chi connectivity index (χ1n) is 11.1. The Hall–Kier alpha value is -3.35. The van der Waals surface area contributed by atoms with Gasteiger partial charge >= 0.3 is 12.1 Å². The number of alkyl carbamates (subject to hydrolysis) is 1. The van der Waals surface area contributed by atoms with E-state index in [0.717, 1.165) is 35.1 Å². The van der Waals surface area contributed by atoms with Crippen molar-refractivity contribution in [2.24, 2.45) is 11.8 Å². The minimum atomic E-state index is -0.908. The van der Waals surface area contributed by atoms with Crippen molar-refractivity contribution in [1.82, 2.24) is 10.6 Å². The first-order valence-corrected chi connectivity index (χ1v) is 11.1. The van der Waals surface area contributed by atoms with Crippen LogP contribution in [0.15, 0.2) is 48.5 Å². The molecule has 0 aliphatic heterocycles. The Morgan fingerprint density at radius 2 is 1.62 bits per heavy atom. The highest BCUT2D eigenvalue weighted by atomic mass is 16.5. The number of hydrogen-bond acceptors (Lipinski definition) is 4. The van der Waals surface area contributed by atoms with Gasteiger partial charge in [-0.2, -0.15) is 0 Å². The van der Waals surface area contributed by atoms with Gasteiger partial charge < -0.3 is 20.5 Å². The normalized spacial score (nSPS) is 16.4. The van der Waals surface area contributed by atoms with Gasteiger partial charge in [-0.3, -0.25) is 9.59 Å². The number of carbonyl (C=O) groups excluding carboxylic acids is 2. The van der Waals surface area contributed by atoms with Crippen LogP contribution >= 0.6 is 0 Å². The molecule has 3 N–H and O–H groups in total. The zero-order valence-electron chi connectivity index (χ0n) is 18.0. The van der Waals surface area contributed by atoms with E-state index >= 15 is 0 Å². The molecule has 1 fully saturated rings. The average molecular weight is 437 g/mol. The molecule has 0 spiro atoms. The Bertz CT molecular complexity index is 971. The second kappa shape index (κ2) is 9.42. The van der Waals surface area contributed by atoms with Gasteiger partial charge in [0.25, 0.3) is 0 Å². The van der Waals surface area contributed by atoms with Crippen LogP contribution < -0.4 is 10.6 Å². The molecule has 2 atom stereocenters. The zero-order valence-corrected chi connectivity index (χ0v) is 18.0. The number of amides is 2. The van der Waals surface area contributed by atoms with Crippen LogP contribution in [-0.4, -0.2) is 42.3 Å². The lowest BCUT2D eigenvalue weighted by molar-refractivity contribution is -0.142. The molecule has 0 heterocycles. The van der Waals surface area contributed by atoms with Crippen molar-refractivity contribution < 1.29 is 24.2 Å². The zero-order chi connectivity index (χ0) is 22.7. The number of nitrogens with one attached hydrogen (secondary N) is 2. The molecule has 32 heavy (non-hydrogen) atoms. The summed E-state index contributed by atoms with van der Waals surface area (Å²) in [4.78, 5) is 36.0. The van der Waals surface area contributed by atoms with Crippen LogP contribution in [0, 0.1) is 11.8 Å². The average Bonchev–Trinajstić information content (AvgIpc) is 3.55. The van der Waals surface area contributed by atoms with E-state index < -0.39 is 29.9 Å². The number of carboxylic acid groups (broad SMARTS) is 1. The van der Waals surface area contributed by atoms with E-state index in [1.807, 2.05) is 36.4 Å². The van der Waals surface area contributed by atoms with Crippen molar-refractivity contribution in [3.05, 3.63) is 59.7 Å². The Balaban J connectivity index is 1.28. The van der Waals surface area contributed by atoms with E-state index in [1.54, 1.807) is 6.92 Å². The SMILES string of the molecule is CC(NC(=O)OCC1c2ccccc2-c2ccccc21)C(=O)NCC(CC1CC1)C(=O)O. The van der Waals surface area contributed by atoms with Gasteiger partial charge in [-0.1, -0.05) is 61.4 Å². The molecule has 0 saturated heterocycles. The summed E-state index contributed by atoms with van der Waals surface area (Å²) in [6, 6.07) is 15.3. The van der Waals surface area contributed by atoms with E-state index in [9.17, 15) is 19.5 Å². The highest BCUT2D eigenvalue weighted by molar-refractivity contribution is 5.85. The van der Waals surface area contributed by atoms with Crippen molar-refractivity contribution in [3.63, 3.8) is 0 Å². The van der Waals surface area contributed by atoms with E-state index in [-0.39, 0.29) is 19.1 Å². The summed E-state index contributed by atoms with van der Waals surface area (Å²) in [6.07, 6.45) is 2.00. The number of aliphatic carboxylic acids is 1. The Kier molecular flexibility index (Phi) is 6.44. The van der Waals surface area contributed by atoms with Gasteiger partial charge in [0, 0.05) is 12.5 Å².